The zero-order valence-electron chi connectivity index (χ0n) is 11.7. The molecule has 6 heteroatoms. The Labute approximate surface area is 117 Å². The van der Waals surface area contributed by atoms with Gasteiger partial charge in [-0.1, -0.05) is 18.2 Å². The first-order chi connectivity index (χ1) is 9.49. The molecule has 0 saturated carbocycles. The maximum Gasteiger partial charge on any atom is 0.274 e. The van der Waals surface area contributed by atoms with Crippen LogP contribution in [0, 0.1) is 10.1 Å². The number of piperidine rings is 1. The lowest BCUT2D eigenvalue weighted by Gasteiger charge is -2.32. The van der Waals surface area contributed by atoms with Crippen molar-refractivity contribution in [2.75, 3.05) is 13.6 Å². The number of benzene rings is 1. The molecule has 1 aromatic rings. The number of carbonyl (C=O) groups is 1. The van der Waals surface area contributed by atoms with Crippen LogP contribution in [-0.2, 0) is 4.79 Å². The Bertz CT molecular complexity index is 518. The van der Waals surface area contributed by atoms with Crippen molar-refractivity contribution in [3.8, 4) is 0 Å². The predicted molar refractivity (Wildman–Crippen MR) is 75.3 cm³/mol. The average Bonchev–Trinajstić information content (AvgIpc) is 2.43. The second kappa shape index (κ2) is 6.00. The number of nitrogens with one attached hydrogen (secondary N) is 1. The summed E-state index contributed by atoms with van der Waals surface area (Å²) in [5, 5.41) is 14.4. The molecule has 0 spiro atoms. The molecule has 1 amide bonds. The molecule has 2 atom stereocenters. The average molecular weight is 277 g/mol. The molecule has 1 N–H and O–H groups in total. The van der Waals surface area contributed by atoms with Crippen molar-refractivity contribution >= 4 is 11.6 Å². The predicted octanol–water partition coefficient (Wildman–Crippen LogP) is 1.87. The lowest BCUT2D eigenvalue weighted by atomic mass is 10.0. The standard InChI is InChI=1S/C14H19N3O3/c1-10(12-5-3-4-6-13(12)17(19)20)15-11-7-8-14(18)16(2)9-11/h3-6,10-11,15H,7-9H2,1-2H3. The number of carbonyl (C=O) groups excluding carboxylic acids is 1. The molecule has 1 aromatic carbocycles. The molecule has 1 fully saturated rings. The topological polar surface area (TPSA) is 75.5 Å². The Kier molecular flexibility index (Phi) is 4.34. The van der Waals surface area contributed by atoms with Crippen molar-refractivity contribution in [3.63, 3.8) is 0 Å². The Morgan fingerprint density at radius 1 is 1.45 bits per heavy atom. The quantitative estimate of drug-likeness (QED) is 0.673. The van der Waals surface area contributed by atoms with E-state index in [0.717, 1.165) is 6.42 Å². The summed E-state index contributed by atoms with van der Waals surface area (Å²) in [6, 6.07) is 6.81. The summed E-state index contributed by atoms with van der Waals surface area (Å²) < 4.78 is 0. The minimum atomic E-state index is -0.357. The van der Waals surface area contributed by atoms with Gasteiger partial charge in [0, 0.05) is 43.7 Å². The molecule has 1 aliphatic rings. The number of nitro benzene ring substituents is 1. The van der Waals surface area contributed by atoms with Crippen LogP contribution >= 0.6 is 0 Å². The van der Waals surface area contributed by atoms with E-state index in [1.54, 1.807) is 30.1 Å². The second-order valence-corrected chi connectivity index (χ2v) is 5.21. The molecule has 1 aliphatic heterocycles. The summed E-state index contributed by atoms with van der Waals surface area (Å²) in [5.41, 5.74) is 0.810. The first-order valence-electron chi connectivity index (χ1n) is 6.72. The summed E-state index contributed by atoms with van der Waals surface area (Å²) in [7, 11) is 1.78. The highest BCUT2D eigenvalue weighted by atomic mass is 16.6. The van der Waals surface area contributed by atoms with E-state index >= 15 is 0 Å². The molecule has 108 valence electrons. The molecule has 0 bridgehead atoms. The van der Waals surface area contributed by atoms with Crippen molar-refractivity contribution < 1.29 is 9.72 Å². The van der Waals surface area contributed by atoms with Crippen molar-refractivity contribution in [1.29, 1.82) is 0 Å². The van der Waals surface area contributed by atoms with E-state index in [2.05, 4.69) is 5.32 Å². The molecular weight excluding hydrogens is 258 g/mol. The smallest absolute Gasteiger partial charge is 0.274 e. The largest absolute Gasteiger partial charge is 0.344 e. The van der Waals surface area contributed by atoms with E-state index in [9.17, 15) is 14.9 Å². The van der Waals surface area contributed by atoms with Gasteiger partial charge in [-0.2, -0.15) is 0 Å². The Hall–Kier alpha value is -1.95. The first-order valence-corrected chi connectivity index (χ1v) is 6.72. The third-order valence-electron chi connectivity index (χ3n) is 3.71. The van der Waals surface area contributed by atoms with Crippen LogP contribution in [0.1, 0.15) is 31.4 Å². The number of nitrogens with zero attached hydrogens (tertiary/aromatic N) is 2. The van der Waals surface area contributed by atoms with E-state index in [1.165, 1.54) is 6.07 Å². The number of hydrogen-bond acceptors (Lipinski definition) is 4. The zero-order valence-corrected chi connectivity index (χ0v) is 11.7. The summed E-state index contributed by atoms with van der Waals surface area (Å²) >= 11 is 0. The van der Waals surface area contributed by atoms with Crippen LogP contribution in [0.15, 0.2) is 24.3 Å². The van der Waals surface area contributed by atoms with Gasteiger partial charge in [-0.3, -0.25) is 14.9 Å². The van der Waals surface area contributed by atoms with E-state index in [0.29, 0.717) is 18.5 Å². The zero-order chi connectivity index (χ0) is 14.7. The fourth-order valence-electron chi connectivity index (χ4n) is 2.61. The Balaban J connectivity index is 2.07. The molecule has 1 saturated heterocycles. The monoisotopic (exact) mass is 277 g/mol. The molecule has 0 radical (unpaired) electrons. The van der Waals surface area contributed by atoms with Crippen LogP contribution in [0.25, 0.3) is 0 Å². The number of amides is 1. The van der Waals surface area contributed by atoms with Gasteiger partial charge in [-0.05, 0) is 13.3 Å². The molecule has 0 aliphatic carbocycles. The van der Waals surface area contributed by atoms with E-state index in [-0.39, 0.29) is 28.6 Å². The van der Waals surface area contributed by atoms with Crippen LogP contribution in [-0.4, -0.2) is 35.4 Å². The number of rotatable bonds is 4. The Morgan fingerprint density at radius 2 is 2.15 bits per heavy atom. The van der Waals surface area contributed by atoms with Crippen molar-refractivity contribution in [2.24, 2.45) is 0 Å². The van der Waals surface area contributed by atoms with Crippen LogP contribution in [0.2, 0.25) is 0 Å². The van der Waals surface area contributed by atoms with Crippen molar-refractivity contribution in [2.45, 2.75) is 31.8 Å². The highest BCUT2D eigenvalue weighted by molar-refractivity contribution is 5.76. The highest BCUT2D eigenvalue weighted by Gasteiger charge is 2.26. The lowest BCUT2D eigenvalue weighted by molar-refractivity contribution is -0.385. The van der Waals surface area contributed by atoms with Gasteiger partial charge in [0.2, 0.25) is 5.91 Å². The molecule has 2 rings (SSSR count). The number of likely N-dealkylation sites (tertiary alicyclic amines) is 1. The van der Waals surface area contributed by atoms with Crippen LogP contribution in [0.3, 0.4) is 0 Å². The molecule has 2 unspecified atom stereocenters. The minimum Gasteiger partial charge on any atom is -0.344 e. The molecule has 6 nitrogen and oxygen atoms in total. The van der Waals surface area contributed by atoms with Gasteiger partial charge in [0.25, 0.3) is 5.69 Å². The molecular formula is C14H19N3O3. The Morgan fingerprint density at radius 3 is 2.80 bits per heavy atom. The van der Waals surface area contributed by atoms with Crippen LogP contribution in [0.4, 0.5) is 5.69 Å². The van der Waals surface area contributed by atoms with Gasteiger partial charge in [0.05, 0.1) is 4.92 Å². The third-order valence-corrected chi connectivity index (χ3v) is 3.71. The van der Waals surface area contributed by atoms with Crippen molar-refractivity contribution in [3.05, 3.63) is 39.9 Å². The summed E-state index contributed by atoms with van der Waals surface area (Å²) in [4.78, 5) is 23.8. The summed E-state index contributed by atoms with van der Waals surface area (Å²) in [5.74, 6) is 0.154. The fraction of sp³-hybridized carbons (Fsp3) is 0.500. The third kappa shape index (κ3) is 3.14. The lowest BCUT2D eigenvalue weighted by Crippen LogP contribution is -2.47. The number of hydrogen-bond donors (Lipinski definition) is 1. The van der Waals surface area contributed by atoms with E-state index in [1.807, 2.05) is 6.92 Å². The number of nitro groups is 1. The number of likely N-dealkylation sites (N-methyl/N-ethyl adjacent to an activating group) is 1. The molecule has 20 heavy (non-hydrogen) atoms. The van der Waals surface area contributed by atoms with Crippen molar-refractivity contribution in [1.82, 2.24) is 10.2 Å². The summed E-state index contributed by atoms with van der Waals surface area (Å²) in [6.07, 6.45) is 1.30. The second-order valence-electron chi connectivity index (χ2n) is 5.21. The normalized spacial score (nSPS) is 20.8. The molecule has 1 heterocycles. The maximum absolute atomic E-state index is 11.4. The van der Waals surface area contributed by atoms with Crippen LogP contribution < -0.4 is 5.32 Å². The minimum absolute atomic E-state index is 0.122. The summed E-state index contributed by atoms with van der Waals surface area (Å²) in [6.45, 7) is 2.56. The number of para-hydroxylation sites is 1. The van der Waals surface area contributed by atoms with Gasteiger partial charge in [-0.25, -0.2) is 0 Å². The maximum atomic E-state index is 11.4. The van der Waals surface area contributed by atoms with Gasteiger partial charge in [0.1, 0.15) is 0 Å². The molecule has 0 aromatic heterocycles. The van der Waals surface area contributed by atoms with E-state index in [4.69, 9.17) is 0 Å². The van der Waals surface area contributed by atoms with Gasteiger partial charge >= 0.3 is 0 Å². The SMILES string of the molecule is CC(NC1CCC(=O)N(C)C1)c1ccccc1[N+](=O)[O-]. The van der Waals surface area contributed by atoms with Gasteiger partial charge < -0.3 is 10.2 Å². The van der Waals surface area contributed by atoms with Gasteiger partial charge in [0.15, 0.2) is 0 Å². The van der Waals surface area contributed by atoms with Gasteiger partial charge in [-0.15, -0.1) is 0 Å². The van der Waals surface area contributed by atoms with Crippen LogP contribution in [0.5, 0.6) is 0 Å². The fourth-order valence-corrected chi connectivity index (χ4v) is 2.61. The first kappa shape index (κ1) is 14.5. The van der Waals surface area contributed by atoms with E-state index < -0.39 is 0 Å². The highest BCUT2D eigenvalue weighted by Crippen LogP contribution is 2.25.